The first kappa shape index (κ1) is 14.2. The molecule has 2 aromatic rings. The summed E-state index contributed by atoms with van der Waals surface area (Å²) in [5.41, 5.74) is 2.70. The maximum atomic E-state index is 13.0. The van der Waals surface area contributed by atoms with Gasteiger partial charge in [0.15, 0.2) is 0 Å². The Balaban J connectivity index is 2.30. The number of rotatable bonds is 3. The van der Waals surface area contributed by atoms with Gasteiger partial charge in [-0.1, -0.05) is 60.1 Å². The van der Waals surface area contributed by atoms with Gasteiger partial charge in [-0.2, -0.15) is 0 Å². The summed E-state index contributed by atoms with van der Waals surface area (Å²) >= 11 is 3.28. The Morgan fingerprint density at radius 2 is 1.58 bits per heavy atom. The van der Waals surface area contributed by atoms with E-state index in [0.29, 0.717) is 16.0 Å². The van der Waals surface area contributed by atoms with Gasteiger partial charge < -0.3 is 5.11 Å². The summed E-state index contributed by atoms with van der Waals surface area (Å²) < 4.78 is 13.6. The summed E-state index contributed by atoms with van der Waals surface area (Å²) in [5, 5.41) is 10.3. The largest absolute Gasteiger partial charge is 0.384 e. The number of benzene rings is 2. The van der Waals surface area contributed by atoms with Gasteiger partial charge in [0.05, 0.1) is 0 Å². The van der Waals surface area contributed by atoms with Crippen molar-refractivity contribution in [3.05, 3.63) is 69.4 Å². The highest BCUT2D eigenvalue weighted by molar-refractivity contribution is 9.10. The molecule has 1 unspecified atom stereocenters. The second-order valence-electron chi connectivity index (χ2n) is 4.89. The van der Waals surface area contributed by atoms with Crippen molar-refractivity contribution >= 4 is 15.9 Å². The van der Waals surface area contributed by atoms with Crippen LogP contribution in [0.4, 0.5) is 4.39 Å². The van der Waals surface area contributed by atoms with Gasteiger partial charge in [0.2, 0.25) is 0 Å². The zero-order chi connectivity index (χ0) is 14.0. The van der Waals surface area contributed by atoms with Crippen molar-refractivity contribution < 1.29 is 9.50 Å². The fraction of sp³-hybridized carbons (Fsp3) is 0.250. The molecular formula is C16H16BrFO. The van der Waals surface area contributed by atoms with Crippen LogP contribution in [0.15, 0.2) is 46.9 Å². The topological polar surface area (TPSA) is 20.2 Å². The summed E-state index contributed by atoms with van der Waals surface area (Å²) in [6, 6.07) is 12.2. The Morgan fingerprint density at radius 1 is 1.00 bits per heavy atom. The molecule has 0 bridgehead atoms. The van der Waals surface area contributed by atoms with E-state index >= 15 is 0 Å². The summed E-state index contributed by atoms with van der Waals surface area (Å²) in [4.78, 5) is 0. The van der Waals surface area contributed by atoms with Crippen LogP contribution in [0.5, 0.6) is 0 Å². The fourth-order valence-corrected chi connectivity index (χ4v) is 2.53. The first-order valence-electron chi connectivity index (χ1n) is 6.22. The van der Waals surface area contributed by atoms with Gasteiger partial charge in [-0.15, -0.1) is 0 Å². The first-order valence-corrected chi connectivity index (χ1v) is 7.01. The number of hydrogen-bond donors (Lipinski definition) is 1. The van der Waals surface area contributed by atoms with Gasteiger partial charge in [0.25, 0.3) is 0 Å². The number of hydrogen-bond acceptors (Lipinski definition) is 1. The van der Waals surface area contributed by atoms with Crippen LogP contribution in [0, 0.1) is 5.82 Å². The van der Waals surface area contributed by atoms with Crippen molar-refractivity contribution in [3.8, 4) is 0 Å². The molecule has 0 aliphatic carbocycles. The second-order valence-corrected chi connectivity index (χ2v) is 5.74. The standard InChI is InChI=1S/C16H16BrFO/c1-10(2)11-3-5-12(6-4-11)16(19)14-8-7-13(18)9-15(14)17/h3-10,16,19H,1-2H3. The quantitative estimate of drug-likeness (QED) is 0.861. The average Bonchev–Trinajstić information content (AvgIpc) is 2.38. The molecule has 100 valence electrons. The van der Waals surface area contributed by atoms with Gasteiger partial charge in [-0.3, -0.25) is 0 Å². The predicted molar refractivity (Wildman–Crippen MR) is 78.7 cm³/mol. The normalized spacial score (nSPS) is 12.7. The fourth-order valence-electron chi connectivity index (χ4n) is 1.97. The van der Waals surface area contributed by atoms with E-state index in [9.17, 15) is 9.50 Å². The van der Waals surface area contributed by atoms with Gasteiger partial charge in [0, 0.05) is 4.47 Å². The summed E-state index contributed by atoms with van der Waals surface area (Å²) in [6.45, 7) is 4.25. The second kappa shape index (κ2) is 5.85. The molecule has 0 spiro atoms. The molecule has 1 N–H and O–H groups in total. The van der Waals surface area contributed by atoms with Gasteiger partial charge >= 0.3 is 0 Å². The molecular weight excluding hydrogens is 307 g/mol. The van der Waals surface area contributed by atoms with Crippen LogP contribution in [-0.4, -0.2) is 5.11 Å². The summed E-state index contributed by atoms with van der Waals surface area (Å²) in [5.74, 6) is 0.140. The third-order valence-corrected chi connectivity index (χ3v) is 3.86. The maximum Gasteiger partial charge on any atom is 0.124 e. The highest BCUT2D eigenvalue weighted by Gasteiger charge is 2.14. The number of aliphatic hydroxyl groups is 1. The molecule has 0 radical (unpaired) electrons. The van der Waals surface area contributed by atoms with Crippen molar-refractivity contribution in [2.45, 2.75) is 25.9 Å². The molecule has 0 aromatic heterocycles. The van der Waals surface area contributed by atoms with E-state index in [1.54, 1.807) is 6.07 Å². The van der Waals surface area contributed by atoms with Crippen LogP contribution in [0.25, 0.3) is 0 Å². The SMILES string of the molecule is CC(C)c1ccc(C(O)c2ccc(F)cc2Br)cc1. The monoisotopic (exact) mass is 322 g/mol. The molecule has 3 heteroatoms. The van der Waals surface area contributed by atoms with Crippen LogP contribution >= 0.6 is 15.9 Å². The van der Waals surface area contributed by atoms with E-state index < -0.39 is 6.10 Å². The zero-order valence-electron chi connectivity index (χ0n) is 10.9. The van der Waals surface area contributed by atoms with E-state index in [-0.39, 0.29) is 5.82 Å². The average molecular weight is 323 g/mol. The molecule has 0 saturated carbocycles. The van der Waals surface area contributed by atoms with Gasteiger partial charge in [-0.05, 0) is 34.7 Å². The third kappa shape index (κ3) is 3.23. The molecule has 0 saturated heterocycles. The first-order chi connectivity index (χ1) is 8.99. The van der Waals surface area contributed by atoms with Crippen LogP contribution in [0.1, 0.15) is 42.6 Å². The zero-order valence-corrected chi connectivity index (χ0v) is 12.5. The molecule has 2 aromatic carbocycles. The summed E-state index contributed by atoms with van der Waals surface area (Å²) in [7, 11) is 0. The highest BCUT2D eigenvalue weighted by Crippen LogP contribution is 2.29. The molecule has 1 atom stereocenters. The third-order valence-electron chi connectivity index (χ3n) is 3.18. The van der Waals surface area contributed by atoms with Crippen molar-refractivity contribution in [2.75, 3.05) is 0 Å². The van der Waals surface area contributed by atoms with Crippen molar-refractivity contribution in [1.29, 1.82) is 0 Å². The van der Waals surface area contributed by atoms with Gasteiger partial charge in [-0.25, -0.2) is 4.39 Å². The van der Waals surface area contributed by atoms with E-state index in [2.05, 4.69) is 29.8 Å². The summed E-state index contributed by atoms with van der Waals surface area (Å²) in [6.07, 6.45) is -0.754. The van der Waals surface area contributed by atoms with Crippen molar-refractivity contribution in [3.63, 3.8) is 0 Å². The van der Waals surface area contributed by atoms with E-state index in [1.807, 2.05) is 24.3 Å². The Labute approximate surface area is 121 Å². The lowest BCUT2D eigenvalue weighted by Crippen LogP contribution is -2.01. The Hall–Kier alpha value is -1.19. The number of halogens is 2. The van der Waals surface area contributed by atoms with Crippen LogP contribution < -0.4 is 0 Å². The lowest BCUT2D eigenvalue weighted by molar-refractivity contribution is 0.219. The van der Waals surface area contributed by atoms with Crippen LogP contribution in [0.3, 0.4) is 0 Å². The lowest BCUT2D eigenvalue weighted by atomic mass is 9.97. The minimum atomic E-state index is -0.754. The molecule has 1 nitrogen and oxygen atoms in total. The molecule has 0 fully saturated rings. The minimum Gasteiger partial charge on any atom is -0.384 e. The van der Waals surface area contributed by atoms with Gasteiger partial charge in [0.1, 0.15) is 11.9 Å². The van der Waals surface area contributed by atoms with Crippen molar-refractivity contribution in [2.24, 2.45) is 0 Å². The van der Waals surface area contributed by atoms with Crippen LogP contribution in [-0.2, 0) is 0 Å². The number of aliphatic hydroxyl groups excluding tert-OH is 1. The van der Waals surface area contributed by atoms with E-state index in [0.717, 1.165) is 5.56 Å². The molecule has 19 heavy (non-hydrogen) atoms. The van der Waals surface area contributed by atoms with Crippen molar-refractivity contribution in [1.82, 2.24) is 0 Å². The highest BCUT2D eigenvalue weighted by atomic mass is 79.9. The van der Waals surface area contributed by atoms with E-state index in [4.69, 9.17) is 0 Å². The molecule has 0 aliphatic rings. The molecule has 0 amide bonds. The van der Waals surface area contributed by atoms with Crippen LogP contribution in [0.2, 0.25) is 0 Å². The Kier molecular flexibility index (Phi) is 4.38. The molecule has 2 rings (SSSR count). The Bertz CT molecular complexity index is 563. The minimum absolute atomic E-state index is 0.321. The smallest absolute Gasteiger partial charge is 0.124 e. The lowest BCUT2D eigenvalue weighted by Gasteiger charge is -2.14. The molecule has 0 aliphatic heterocycles. The predicted octanol–water partition coefficient (Wildman–Crippen LogP) is 4.79. The maximum absolute atomic E-state index is 13.0. The molecule has 0 heterocycles. The Morgan fingerprint density at radius 3 is 2.11 bits per heavy atom. The van der Waals surface area contributed by atoms with E-state index in [1.165, 1.54) is 17.7 Å².